The highest BCUT2D eigenvalue weighted by Gasteiger charge is 2.42. The van der Waals surface area contributed by atoms with E-state index in [1.54, 1.807) is 13.1 Å². The van der Waals surface area contributed by atoms with Crippen molar-refractivity contribution in [2.24, 2.45) is 5.41 Å². The second-order valence-electron chi connectivity index (χ2n) is 5.05. The molecule has 0 saturated heterocycles. The molecular weight excluding hydrogens is 268 g/mol. The molecule has 0 unspecified atom stereocenters. The van der Waals surface area contributed by atoms with Crippen molar-refractivity contribution in [1.82, 2.24) is 10.0 Å². The summed E-state index contributed by atoms with van der Waals surface area (Å²) in [6, 6.07) is 3.10. The van der Waals surface area contributed by atoms with Crippen molar-refractivity contribution < 1.29 is 17.9 Å². The van der Waals surface area contributed by atoms with E-state index in [1.165, 1.54) is 6.07 Å². The maximum Gasteiger partial charge on any atom is 0.273 e. The van der Waals surface area contributed by atoms with Crippen LogP contribution in [0.15, 0.2) is 21.6 Å². The van der Waals surface area contributed by atoms with E-state index in [4.69, 9.17) is 9.52 Å². The Morgan fingerprint density at radius 3 is 2.74 bits per heavy atom. The molecule has 1 aromatic rings. The molecular formula is C12H20N2O4S. The number of hydrogen-bond donors (Lipinski definition) is 3. The third-order valence-corrected chi connectivity index (χ3v) is 4.76. The van der Waals surface area contributed by atoms with Gasteiger partial charge < -0.3 is 14.8 Å². The van der Waals surface area contributed by atoms with Gasteiger partial charge in [0.15, 0.2) is 0 Å². The predicted molar refractivity (Wildman–Crippen MR) is 70.0 cm³/mol. The number of hydrogen-bond acceptors (Lipinski definition) is 5. The van der Waals surface area contributed by atoms with Gasteiger partial charge in [-0.3, -0.25) is 0 Å². The zero-order valence-corrected chi connectivity index (χ0v) is 11.8. The van der Waals surface area contributed by atoms with Crippen LogP contribution in [0.4, 0.5) is 0 Å². The van der Waals surface area contributed by atoms with Crippen molar-refractivity contribution in [3.05, 3.63) is 17.9 Å². The molecule has 0 radical (unpaired) electrons. The lowest BCUT2D eigenvalue weighted by Gasteiger charge is -2.13. The molecule has 0 aliphatic heterocycles. The molecule has 0 spiro atoms. The normalized spacial score (nSPS) is 17.6. The monoisotopic (exact) mass is 288 g/mol. The van der Waals surface area contributed by atoms with Gasteiger partial charge in [0.2, 0.25) is 5.09 Å². The van der Waals surface area contributed by atoms with Crippen molar-refractivity contribution in [1.29, 1.82) is 0 Å². The summed E-state index contributed by atoms with van der Waals surface area (Å²) in [7, 11) is -1.83. The van der Waals surface area contributed by atoms with Gasteiger partial charge in [0, 0.05) is 13.2 Å². The third-order valence-electron chi connectivity index (χ3n) is 3.49. The van der Waals surface area contributed by atoms with Gasteiger partial charge in [0.25, 0.3) is 10.0 Å². The standard InChI is InChI=1S/C12H20N2O4S/c1-13-8-10-2-3-11(18-10)19(16,17)14-9-12(4-5-12)6-7-15/h2-3,13-15H,4-9H2,1H3. The summed E-state index contributed by atoms with van der Waals surface area (Å²) in [5.41, 5.74) is -0.0534. The Hall–Kier alpha value is -0.890. The van der Waals surface area contributed by atoms with Crippen LogP contribution in [-0.2, 0) is 16.6 Å². The zero-order valence-electron chi connectivity index (χ0n) is 11.0. The van der Waals surface area contributed by atoms with Crippen LogP contribution < -0.4 is 10.0 Å². The number of furan rings is 1. The lowest BCUT2D eigenvalue weighted by molar-refractivity contribution is 0.249. The first-order valence-electron chi connectivity index (χ1n) is 6.35. The Kier molecular flexibility index (Phi) is 4.29. The zero-order chi connectivity index (χ0) is 13.9. The highest BCUT2D eigenvalue weighted by atomic mass is 32.2. The minimum atomic E-state index is -3.60. The van der Waals surface area contributed by atoms with Gasteiger partial charge in [-0.1, -0.05) is 0 Å². The van der Waals surface area contributed by atoms with E-state index in [0.717, 1.165) is 12.8 Å². The molecule has 108 valence electrons. The number of aliphatic hydroxyl groups excluding tert-OH is 1. The maximum absolute atomic E-state index is 12.0. The van der Waals surface area contributed by atoms with Crippen LogP contribution in [0, 0.1) is 5.41 Å². The van der Waals surface area contributed by atoms with Crippen LogP contribution in [0.1, 0.15) is 25.0 Å². The highest BCUT2D eigenvalue weighted by Crippen LogP contribution is 2.48. The average molecular weight is 288 g/mol. The molecule has 2 rings (SSSR count). The highest BCUT2D eigenvalue weighted by molar-refractivity contribution is 7.89. The van der Waals surface area contributed by atoms with Gasteiger partial charge >= 0.3 is 0 Å². The van der Waals surface area contributed by atoms with Gasteiger partial charge in [-0.2, -0.15) is 0 Å². The number of aliphatic hydroxyl groups is 1. The van der Waals surface area contributed by atoms with E-state index in [-0.39, 0.29) is 17.1 Å². The fraction of sp³-hybridized carbons (Fsp3) is 0.667. The smallest absolute Gasteiger partial charge is 0.273 e. The summed E-state index contributed by atoms with van der Waals surface area (Å²) < 4.78 is 31.9. The molecule has 0 amide bonds. The number of rotatable bonds is 8. The minimum absolute atomic E-state index is 0.0534. The van der Waals surface area contributed by atoms with Crippen molar-refractivity contribution in [3.63, 3.8) is 0 Å². The molecule has 7 heteroatoms. The predicted octanol–water partition coefficient (Wildman–Crippen LogP) is 0.440. The molecule has 6 nitrogen and oxygen atoms in total. The summed E-state index contributed by atoms with van der Waals surface area (Å²) in [6.45, 7) is 0.941. The summed E-state index contributed by atoms with van der Waals surface area (Å²) >= 11 is 0. The van der Waals surface area contributed by atoms with Crippen molar-refractivity contribution >= 4 is 10.0 Å². The fourth-order valence-corrected chi connectivity index (χ4v) is 3.12. The number of nitrogens with one attached hydrogen (secondary N) is 2. The molecule has 0 bridgehead atoms. The third kappa shape index (κ3) is 3.56. The molecule has 1 aromatic heterocycles. The second kappa shape index (κ2) is 5.62. The lowest BCUT2D eigenvalue weighted by Crippen LogP contribution is -2.30. The second-order valence-corrected chi connectivity index (χ2v) is 6.75. The van der Waals surface area contributed by atoms with Crippen molar-refractivity contribution in [2.75, 3.05) is 20.2 Å². The molecule has 0 atom stereocenters. The van der Waals surface area contributed by atoms with Gasteiger partial charge in [-0.15, -0.1) is 0 Å². The Morgan fingerprint density at radius 2 is 2.16 bits per heavy atom. The first kappa shape index (κ1) is 14.5. The SMILES string of the molecule is CNCc1ccc(S(=O)(=O)NCC2(CCO)CC2)o1. The molecule has 1 aliphatic carbocycles. The van der Waals surface area contributed by atoms with Crippen LogP contribution in [0.25, 0.3) is 0 Å². The fourth-order valence-electron chi connectivity index (χ4n) is 2.02. The Balaban J connectivity index is 1.97. The summed E-state index contributed by atoms with van der Waals surface area (Å²) in [4.78, 5) is 0. The Bertz CT molecular complexity index is 520. The molecule has 1 aliphatic rings. The minimum Gasteiger partial charge on any atom is -0.447 e. The largest absolute Gasteiger partial charge is 0.447 e. The first-order chi connectivity index (χ1) is 9.01. The number of sulfonamides is 1. The molecule has 19 heavy (non-hydrogen) atoms. The lowest BCUT2D eigenvalue weighted by atomic mass is 10.0. The topological polar surface area (TPSA) is 91.6 Å². The summed E-state index contributed by atoms with van der Waals surface area (Å²) in [6.07, 6.45) is 2.55. The van der Waals surface area contributed by atoms with E-state index in [1.807, 2.05) is 0 Å². The van der Waals surface area contributed by atoms with Crippen molar-refractivity contribution in [3.8, 4) is 0 Å². The summed E-state index contributed by atoms with van der Waals surface area (Å²) in [5.74, 6) is 0.583. The van der Waals surface area contributed by atoms with Crippen LogP contribution >= 0.6 is 0 Å². The van der Waals surface area contributed by atoms with Crippen LogP contribution in [-0.4, -0.2) is 33.7 Å². The van der Waals surface area contributed by atoms with Crippen LogP contribution in [0.2, 0.25) is 0 Å². The van der Waals surface area contributed by atoms with E-state index < -0.39 is 10.0 Å². The van der Waals surface area contributed by atoms with E-state index >= 15 is 0 Å². The van der Waals surface area contributed by atoms with Crippen LogP contribution in [0.5, 0.6) is 0 Å². The van der Waals surface area contributed by atoms with Crippen LogP contribution in [0.3, 0.4) is 0 Å². The molecule has 1 saturated carbocycles. The van der Waals surface area contributed by atoms with Crippen molar-refractivity contribution in [2.45, 2.75) is 30.9 Å². The maximum atomic E-state index is 12.0. The molecule has 0 aromatic carbocycles. The molecule has 1 fully saturated rings. The molecule has 3 N–H and O–H groups in total. The van der Waals surface area contributed by atoms with E-state index in [2.05, 4.69) is 10.0 Å². The Labute approximate surface area is 113 Å². The van der Waals surface area contributed by atoms with E-state index in [0.29, 0.717) is 25.3 Å². The van der Waals surface area contributed by atoms with E-state index in [9.17, 15) is 8.42 Å². The van der Waals surface area contributed by atoms with Gasteiger partial charge in [-0.25, -0.2) is 13.1 Å². The van der Waals surface area contributed by atoms with Gasteiger partial charge in [0.1, 0.15) is 5.76 Å². The van der Waals surface area contributed by atoms with Gasteiger partial charge in [-0.05, 0) is 43.9 Å². The summed E-state index contributed by atoms with van der Waals surface area (Å²) in [5, 5.41) is 11.8. The van der Waals surface area contributed by atoms with Gasteiger partial charge in [0.05, 0.1) is 6.54 Å². The quantitative estimate of drug-likeness (QED) is 0.645. The molecule has 1 heterocycles. The Morgan fingerprint density at radius 1 is 1.42 bits per heavy atom. The first-order valence-corrected chi connectivity index (χ1v) is 7.83. The average Bonchev–Trinajstić information content (AvgIpc) is 2.96.